The van der Waals surface area contributed by atoms with Crippen LogP contribution in [0.15, 0.2) is 11.4 Å². The van der Waals surface area contributed by atoms with E-state index in [-0.39, 0.29) is 5.97 Å². The summed E-state index contributed by atoms with van der Waals surface area (Å²) in [7, 11) is 1.39. The number of ether oxygens (including phenoxy) is 1. The molecular weight excluding hydrogens is 276 g/mol. The van der Waals surface area contributed by atoms with Crippen molar-refractivity contribution < 1.29 is 9.53 Å². The van der Waals surface area contributed by atoms with Gasteiger partial charge in [0.05, 0.1) is 18.9 Å². The Kier molecular flexibility index (Phi) is 5.11. The average molecular weight is 294 g/mol. The third kappa shape index (κ3) is 3.57. The summed E-state index contributed by atoms with van der Waals surface area (Å²) in [6.07, 6.45) is 1.32. The summed E-state index contributed by atoms with van der Waals surface area (Å²) in [5, 5.41) is 9.30. The molecule has 6 nitrogen and oxygen atoms in total. The molecule has 0 aromatic carbocycles. The number of nitrogens with zero attached hydrogens (tertiary/aromatic N) is 2. The Bertz CT molecular complexity index is 585. The zero-order valence-corrected chi connectivity index (χ0v) is 12.4. The first-order chi connectivity index (χ1) is 9.74. The van der Waals surface area contributed by atoms with Gasteiger partial charge >= 0.3 is 5.97 Å². The van der Waals surface area contributed by atoms with Crippen molar-refractivity contribution in [3.63, 3.8) is 0 Å². The molecule has 0 aliphatic carbocycles. The molecule has 108 valence electrons. The summed E-state index contributed by atoms with van der Waals surface area (Å²) in [4.78, 5) is 21.0. The molecule has 0 saturated heterocycles. The predicted molar refractivity (Wildman–Crippen MR) is 81.3 cm³/mol. The Labute approximate surface area is 121 Å². The van der Waals surface area contributed by atoms with Crippen LogP contribution in [0, 0.1) is 0 Å². The Balaban J connectivity index is 2.12. The first-order valence-corrected chi connectivity index (χ1v) is 7.42. The molecule has 0 amide bonds. The first-order valence-electron chi connectivity index (χ1n) is 6.54. The third-order valence-corrected chi connectivity index (χ3v) is 3.51. The fourth-order valence-corrected chi connectivity index (χ4v) is 2.45. The number of nitrogens with one attached hydrogen (secondary N) is 2. The zero-order valence-electron chi connectivity index (χ0n) is 11.6. The van der Waals surface area contributed by atoms with E-state index in [0.717, 1.165) is 29.0 Å². The molecule has 0 saturated carbocycles. The molecule has 0 fully saturated rings. The predicted octanol–water partition coefficient (Wildman–Crippen LogP) is 2.49. The molecule has 2 aromatic heterocycles. The van der Waals surface area contributed by atoms with Gasteiger partial charge in [0.15, 0.2) is 0 Å². The fourth-order valence-electron chi connectivity index (χ4n) is 1.69. The minimum absolute atomic E-state index is 0.238. The smallest absolute Gasteiger partial charge is 0.307 e. The molecule has 0 bridgehead atoms. The highest BCUT2D eigenvalue weighted by Gasteiger charge is 2.09. The standard InChI is InChI=1S/C13H18N4O2S/c1-3-6-15-13-16-11(14-7-4-10(18)19-2)9-5-8-20-12(9)17-13/h5,8H,3-4,6-7H2,1-2H3,(H2,14,15,16,17). The van der Waals surface area contributed by atoms with Crippen LogP contribution >= 0.6 is 11.3 Å². The van der Waals surface area contributed by atoms with E-state index in [2.05, 4.69) is 32.3 Å². The van der Waals surface area contributed by atoms with E-state index in [1.165, 1.54) is 7.11 Å². The first kappa shape index (κ1) is 14.5. The molecule has 0 aliphatic rings. The minimum Gasteiger partial charge on any atom is -0.469 e. The lowest BCUT2D eigenvalue weighted by Gasteiger charge is -2.09. The summed E-state index contributed by atoms with van der Waals surface area (Å²) < 4.78 is 4.62. The number of hydrogen-bond acceptors (Lipinski definition) is 7. The maximum absolute atomic E-state index is 11.1. The number of methoxy groups -OCH3 is 1. The van der Waals surface area contributed by atoms with Gasteiger partial charge in [-0.25, -0.2) is 4.98 Å². The summed E-state index contributed by atoms with van der Waals surface area (Å²) in [5.41, 5.74) is 0. The highest BCUT2D eigenvalue weighted by Crippen LogP contribution is 2.26. The monoisotopic (exact) mass is 294 g/mol. The van der Waals surface area contributed by atoms with Gasteiger partial charge in [-0.15, -0.1) is 11.3 Å². The van der Waals surface area contributed by atoms with Gasteiger partial charge in [0.1, 0.15) is 10.6 Å². The van der Waals surface area contributed by atoms with E-state index in [4.69, 9.17) is 0 Å². The summed E-state index contributed by atoms with van der Waals surface area (Å²) in [6, 6.07) is 1.98. The average Bonchev–Trinajstić information content (AvgIpc) is 2.93. The molecule has 0 radical (unpaired) electrons. The molecule has 0 atom stereocenters. The van der Waals surface area contributed by atoms with Crippen molar-refractivity contribution in [3.8, 4) is 0 Å². The van der Waals surface area contributed by atoms with E-state index in [1.54, 1.807) is 11.3 Å². The van der Waals surface area contributed by atoms with Gasteiger partial charge in [-0.2, -0.15) is 4.98 Å². The Morgan fingerprint density at radius 1 is 1.35 bits per heavy atom. The number of hydrogen-bond donors (Lipinski definition) is 2. The Morgan fingerprint density at radius 3 is 2.95 bits per heavy atom. The van der Waals surface area contributed by atoms with Gasteiger partial charge in [-0.05, 0) is 17.9 Å². The van der Waals surface area contributed by atoms with Crippen molar-refractivity contribution in [2.45, 2.75) is 19.8 Å². The second-order valence-corrected chi connectivity index (χ2v) is 5.11. The highest BCUT2D eigenvalue weighted by molar-refractivity contribution is 7.16. The maximum Gasteiger partial charge on any atom is 0.307 e. The maximum atomic E-state index is 11.1. The Morgan fingerprint density at radius 2 is 2.20 bits per heavy atom. The second-order valence-electron chi connectivity index (χ2n) is 4.21. The topological polar surface area (TPSA) is 76.1 Å². The van der Waals surface area contributed by atoms with Gasteiger partial charge in [0, 0.05) is 13.1 Å². The van der Waals surface area contributed by atoms with Crippen LogP contribution in [0.5, 0.6) is 0 Å². The van der Waals surface area contributed by atoms with Crippen molar-refractivity contribution in [1.82, 2.24) is 9.97 Å². The number of aromatic nitrogens is 2. The van der Waals surface area contributed by atoms with Crippen LogP contribution in [0.25, 0.3) is 10.2 Å². The van der Waals surface area contributed by atoms with Gasteiger partial charge < -0.3 is 15.4 Å². The zero-order chi connectivity index (χ0) is 14.4. The number of fused-ring (bicyclic) bond motifs is 1. The number of thiophene rings is 1. The summed E-state index contributed by atoms with van der Waals surface area (Å²) in [6.45, 7) is 3.41. The number of carbonyl (C=O) groups is 1. The van der Waals surface area contributed by atoms with E-state index < -0.39 is 0 Å². The number of rotatable bonds is 7. The number of esters is 1. The molecule has 7 heteroatoms. The summed E-state index contributed by atoms with van der Waals surface area (Å²) in [5.74, 6) is 1.12. The van der Waals surface area contributed by atoms with Gasteiger partial charge in [0.25, 0.3) is 0 Å². The van der Waals surface area contributed by atoms with E-state index in [9.17, 15) is 4.79 Å². The molecule has 0 spiro atoms. The number of carbonyl (C=O) groups excluding carboxylic acids is 1. The van der Waals surface area contributed by atoms with Crippen molar-refractivity contribution in [2.24, 2.45) is 0 Å². The van der Waals surface area contributed by atoms with Crippen LogP contribution in [-0.4, -0.2) is 36.1 Å². The highest BCUT2D eigenvalue weighted by atomic mass is 32.1. The lowest BCUT2D eigenvalue weighted by molar-refractivity contribution is -0.140. The van der Waals surface area contributed by atoms with E-state index in [0.29, 0.717) is 18.9 Å². The molecule has 2 rings (SSSR count). The molecule has 2 heterocycles. The van der Waals surface area contributed by atoms with Crippen LogP contribution in [0.1, 0.15) is 19.8 Å². The molecule has 0 aliphatic heterocycles. The Hall–Kier alpha value is -1.89. The SMILES string of the molecule is CCCNc1nc(NCCC(=O)OC)c2ccsc2n1. The lowest BCUT2D eigenvalue weighted by Crippen LogP contribution is -2.12. The molecule has 2 aromatic rings. The fraction of sp³-hybridized carbons (Fsp3) is 0.462. The molecule has 2 N–H and O–H groups in total. The molecule has 20 heavy (non-hydrogen) atoms. The summed E-state index contributed by atoms with van der Waals surface area (Å²) >= 11 is 1.57. The molecular formula is C13H18N4O2S. The van der Waals surface area contributed by atoms with Gasteiger partial charge in [0.2, 0.25) is 5.95 Å². The largest absolute Gasteiger partial charge is 0.469 e. The van der Waals surface area contributed by atoms with Crippen molar-refractivity contribution in [3.05, 3.63) is 11.4 Å². The normalized spacial score (nSPS) is 10.5. The van der Waals surface area contributed by atoms with Crippen LogP contribution in [0.2, 0.25) is 0 Å². The van der Waals surface area contributed by atoms with Gasteiger partial charge in [-0.3, -0.25) is 4.79 Å². The van der Waals surface area contributed by atoms with E-state index >= 15 is 0 Å². The van der Waals surface area contributed by atoms with Crippen molar-refractivity contribution in [1.29, 1.82) is 0 Å². The van der Waals surface area contributed by atoms with Crippen molar-refractivity contribution in [2.75, 3.05) is 30.8 Å². The van der Waals surface area contributed by atoms with E-state index in [1.807, 2.05) is 11.4 Å². The quantitative estimate of drug-likeness (QED) is 0.764. The number of anilines is 2. The minimum atomic E-state index is -0.238. The van der Waals surface area contributed by atoms with Crippen LogP contribution in [-0.2, 0) is 9.53 Å². The van der Waals surface area contributed by atoms with Crippen molar-refractivity contribution >= 4 is 39.3 Å². The molecule has 0 unspecified atom stereocenters. The van der Waals surface area contributed by atoms with Crippen LogP contribution in [0.4, 0.5) is 11.8 Å². The van der Waals surface area contributed by atoms with Gasteiger partial charge in [-0.1, -0.05) is 6.92 Å². The van der Waals surface area contributed by atoms with Crippen LogP contribution in [0.3, 0.4) is 0 Å². The van der Waals surface area contributed by atoms with Crippen LogP contribution < -0.4 is 10.6 Å². The third-order valence-electron chi connectivity index (χ3n) is 2.71. The second kappa shape index (κ2) is 7.04. The lowest BCUT2D eigenvalue weighted by atomic mass is 10.3.